The Morgan fingerprint density at radius 1 is 1.17 bits per heavy atom. The third-order valence-electron chi connectivity index (χ3n) is 5.91. The minimum atomic E-state index is -0.367. The molecule has 30 heavy (non-hydrogen) atoms. The molecule has 2 aromatic heterocycles. The van der Waals surface area contributed by atoms with Gasteiger partial charge in [-0.1, -0.05) is 13.0 Å². The van der Waals surface area contributed by atoms with Gasteiger partial charge in [0.15, 0.2) is 11.2 Å². The molecule has 0 bridgehead atoms. The van der Waals surface area contributed by atoms with E-state index in [1.165, 1.54) is 20.3 Å². The zero-order valence-electron chi connectivity index (χ0n) is 18.3. The average molecular weight is 412 g/mol. The first-order chi connectivity index (χ1) is 14.3. The minimum absolute atomic E-state index is 0.228. The van der Waals surface area contributed by atoms with E-state index in [9.17, 15) is 9.59 Å². The van der Waals surface area contributed by atoms with Gasteiger partial charge in [-0.15, -0.1) is 0 Å². The predicted octanol–water partition coefficient (Wildman–Crippen LogP) is 2.34. The molecule has 1 atom stereocenters. The van der Waals surface area contributed by atoms with Crippen molar-refractivity contribution in [2.24, 2.45) is 13.0 Å². The largest absolute Gasteiger partial charge is 0.380 e. The number of aryl methyl sites for hydroxylation is 3. The topological polar surface area (TPSA) is 74.3 Å². The quantitative estimate of drug-likeness (QED) is 0.603. The Morgan fingerprint density at radius 2 is 1.93 bits per heavy atom. The van der Waals surface area contributed by atoms with E-state index in [0.29, 0.717) is 42.8 Å². The molecule has 8 nitrogen and oxygen atoms in total. The van der Waals surface area contributed by atoms with E-state index >= 15 is 0 Å². The summed E-state index contributed by atoms with van der Waals surface area (Å²) < 4.78 is 10.1. The first-order valence-corrected chi connectivity index (χ1v) is 10.5. The predicted molar refractivity (Wildman–Crippen MR) is 118 cm³/mol. The Morgan fingerprint density at radius 3 is 2.63 bits per heavy atom. The molecule has 0 amide bonds. The molecule has 0 fully saturated rings. The maximum absolute atomic E-state index is 13.3. The molecule has 3 aromatic rings. The van der Waals surface area contributed by atoms with Gasteiger partial charge in [-0.2, -0.15) is 4.98 Å². The average Bonchev–Trinajstić information content (AvgIpc) is 3.10. The van der Waals surface area contributed by atoms with E-state index in [0.717, 1.165) is 12.2 Å². The molecule has 1 aliphatic rings. The number of nitrogens with zero attached hydrogens (tertiary/aromatic N) is 5. The van der Waals surface area contributed by atoms with Crippen LogP contribution in [0.15, 0.2) is 27.8 Å². The van der Waals surface area contributed by atoms with E-state index < -0.39 is 0 Å². The molecule has 0 spiro atoms. The number of hydrogen-bond donors (Lipinski definition) is 0. The van der Waals surface area contributed by atoms with Gasteiger partial charge in [-0.05, 0) is 49.9 Å². The molecule has 0 saturated carbocycles. The zero-order valence-corrected chi connectivity index (χ0v) is 18.3. The highest BCUT2D eigenvalue weighted by atomic mass is 16.5. The van der Waals surface area contributed by atoms with Gasteiger partial charge >= 0.3 is 5.69 Å². The molecular weight excluding hydrogens is 382 g/mol. The lowest BCUT2D eigenvalue weighted by Crippen LogP contribution is -2.41. The maximum atomic E-state index is 13.3. The molecule has 0 aliphatic carbocycles. The number of anilines is 2. The first-order valence-electron chi connectivity index (χ1n) is 10.5. The van der Waals surface area contributed by atoms with Gasteiger partial charge in [0.1, 0.15) is 0 Å². The summed E-state index contributed by atoms with van der Waals surface area (Å²) in [7, 11) is 1.67. The van der Waals surface area contributed by atoms with E-state index in [4.69, 9.17) is 9.72 Å². The third kappa shape index (κ3) is 3.25. The van der Waals surface area contributed by atoms with Gasteiger partial charge in [-0.25, -0.2) is 4.79 Å². The van der Waals surface area contributed by atoms with E-state index in [1.807, 2.05) is 11.5 Å². The molecule has 160 valence electrons. The van der Waals surface area contributed by atoms with Crippen LogP contribution in [-0.2, 0) is 24.9 Å². The fourth-order valence-electron chi connectivity index (χ4n) is 4.11. The van der Waals surface area contributed by atoms with Gasteiger partial charge in [0.2, 0.25) is 5.95 Å². The lowest BCUT2D eigenvalue weighted by Gasteiger charge is -2.33. The molecular formula is C22H29N5O3. The monoisotopic (exact) mass is 411 g/mol. The molecule has 0 N–H and O–H groups in total. The van der Waals surface area contributed by atoms with Crippen molar-refractivity contribution in [1.82, 2.24) is 18.7 Å². The van der Waals surface area contributed by atoms with Crippen molar-refractivity contribution in [3.63, 3.8) is 0 Å². The van der Waals surface area contributed by atoms with Gasteiger partial charge in [0.25, 0.3) is 5.56 Å². The van der Waals surface area contributed by atoms with Crippen LogP contribution in [-0.4, -0.2) is 38.4 Å². The summed E-state index contributed by atoms with van der Waals surface area (Å²) in [4.78, 5) is 33.0. The first kappa shape index (κ1) is 20.4. The summed E-state index contributed by atoms with van der Waals surface area (Å²) in [5.74, 6) is 1.03. The SMILES string of the molecule is CCOCCn1c(=O)c2c(nc3n2CC(C)CN3c2ccc(C)c(C)c2)n(C)c1=O. The highest BCUT2D eigenvalue weighted by Crippen LogP contribution is 2.33. The second-order valence-corrected chi connectivity index (χ2v) is 8.17. The van der Waals surface area contributed by atoms with Crippen molar-refractivity contribution in [3.05, 3.63) is 50.2 Å². The molecule has 8 heteroatoms. The Bertz CT molecular complexity index is 1220. The Labute approximate surface area is 175 Å². The molecule has 1 unspecified atom stereocenters. The van der Waals surface area contributed by atoms with Crippen LogP contribution in [0, 0.1) is 19.8 Å². The van der Waals surface area contributed by atoms with Gasteiger partial charge in [-0.3, -0.25) is 13.9 Å². The summed E-state index contributed by atoms with van der Waals surface area (Å²) in [5, 5.41) is 0. The van der Waals surface area contributed by atoms with Crippen LogP contribution in [0.2, 0.25) is 0 Å². The summed E-state index contributed by atoms with van der Waals surface area (Å²) in [6.07, 6.45) is 0. The van der Waals surface area contributed by atoms with Crippen LogP contribution in [0.1, 0.15) is 25.0 Å². The van der Waals surface area contributed by atoms with Crippen LogP contribution in [0.4, 0.5) is 11.6 Å². The molecule has 0 radical (unpaired) electrons. The summed E-state index contributed by atoms with van der Waals surface area (Å²) >= 11 is 0. The minimum Gasteiger partial charge on any atom is -0.380 e. The lowest BCUT2D eigenvalue weighted by molar-refractivity contribution is 0.137. The summed E-state index contributed by atoms with van der Waals surface area (Å²) in [6, 6.07) is 6.34. The normalized spacial score (nSPS) is 16.3. The number of rotatable bonds is 5. The van der Waals surface area contributed by atoms with Gasteiger partial charge in [0, 0.05) is 32.4 Å². The number of fused-ring (bicyclic) bond motifs is 3. The summed E-state index contributed by atoms with van der Waals surface area (Å²) in [5.41, 5.74) is 3.72. The number of hydrogen-bond acceptors (Lipinski definition) is 5. The maximum Gasteiger partial charge on any atom is 0.332 e. The van der Waals surface area contributed by atoms with Crippen molar-refractivity contribution in [2.45, 2.75) is 40.8 Å². The number of imidazole rings is 1. The van der Waals surface area contributed by atoms with Crippen LogP contribution < -0.4 is 16.1 Å². The zero-order chi connectivity index (χ0) is 21.6. The van der Waals surface area contributed by atoms with Crippen molar-refractivity contribution in [2.75, 3.05) is 24.7 Å². The Hall–Kier alpha value is -2.87. The molecule has 1 aromatic carbocycles. The number of aromatic nitrogens is 4. The number of ether oxygens (including phenoxy) is 1. The smallest absolute Gasteiger partial charge is 0.332 e. The fraction of sp³-hybridized carbons (Fsp3) is 0.500. The Balaban J connectivity index is 1.92. The highest BCUT2D eigenvalue weighted by Gasteiger charge is 2.29. The number of benzene rings is 1. The van der Waals surface area contributed by atoms with Gasteiger partial charge in [0.05, 0.1) is 13.2 Å². The van der Waals surface area contributed by atoms with Crippen molar-refractivity contribution in [3.8, 4) is 0 Å². The van der Waals surface area contributed by atoms with Crippen molar-refractivity contribution >= 4 is 22.8 Å². The van der Waals surface area contributed by atoms with Gasteiger partial charge < -0.3 is 14.2 Å². The van der Waals surface area contributed by atoms with E-state index in [2.05, 4.69) is 43.9 Å². The molecule has 4 rings (SSSR count). The second-order valence-electron chi connectivity index (χ2n) is 8.17. The van der Waals surface area contributed by atoms with Crippen molar-refractivity contribution in [1.29, 1.82) is 0 Å². The second kappa shape index (κ2) is 7.75. The summed E-state index contributed by atoms with van der Waals surface area (Å²) in [6.45, 7) is 10.8. The molecule has 0 saturated heterocycles. The lowest BCUT2D eigenvalue weighted by atomic mass is 10.1. The fourth-order valence-corrected chi connectivity index (χ4v) is 4.11. The van der Waals surface area contributed by atoms with Crippen LogP contribution in [0.5, 0.6) is 0 Å². The van der Waals surface area contributed by atoms with E-state index in [1.54, 1.807) is 7.05 Å². The molecule has 3 heterocycles. The Kier molecular flexibility index (Phi) is 5.27. The van der Waals surface area contributed by atoms with E-state index in [-0.39, 0.29) is 17.8 Å². The highest BCUT2D eigenvalue weighted by molar-refractivity contribution is 5.77. The standard InChI is InChI=1S/C22H29N5O3/c1-6-30-10-9-25-20(28)18-19(24(5)22(25)29)23-21-26(12-14(2)13-27(18)21)17-8-7-15(3)16(4)11-17/h7-8,11,14H,6,9-10,12-13H2,1-5H3. The van der Waals surface area contributed by atoms with Crippen LogP contribution in [0.25, 0.3) is 11.2 Å². The van der Waals surface area contributed by atoms with Crippen LogP contribution >= 0.6 is 0 Å². The third-order valence-corrected chi connectivity index (χ3v) is 5.91. The van der Waals surface area contributed by atoms with Crippen LogP contribution in [0.3, 0.4) is 0 Å². The molecule has 1 aliphatic heterocycles. The van der Waals surface area contributed by atoms with Crippen molar-refractivity contribution < 1.29 is 4.74 Å².